The van der Waals surface area contributed by atoms with Crippen molar-refractivity contribution in [1.29, 1.82) is 0 Å². The Morgan fingerprint density at radius 3 is 2.39 bits per heavy atom. The van der Waals surface area contributed by atoms with Crippen molar-refractivity contribution in [2.75, 3.05) is 13.7 Å². The standard InChI is InChI=1S/C18H15ClF3NO5/c1-3-28-17(24)16(13-7-5-11(19)9-15(13)27-2)12-6-4-10(18(20,21)22)8-14(12)23(25)26/h4-9,16H,3H2,1-2H3. The Balaban J connectivity index is 2.75. The van der Waals surface area contributed by atoms with Crippen LogP contribution in [0.5, 0.6) is 5.75 Å². The van der Waals surface area contributed by atoms with Crippen LogP contribution in [0.2, 0.25) is 5.02 Å². The predicted molar refractivity (Wildman–Crippen MR) is 94.6 cm³/mol. The molecule has 0 amide bonds. The molecule has 0 bridgehead atoms. The third-order valence-electron chi connectivity index (χ3n) is 3.89. The molecule has 2 aromatic rings. The van der Waals surface area contributed by atoms with E-state index in [0.29, 0.717) is 12.1 Å². The van der Waals surface area contributed by atoms with Gasteiger partial charge in [-0.15, -0.1) is 0 Å². The Bertz CT molecular complexity index is 901. The summed E-state index contributed by atoms with van der Waals surface area (Å²) in [6.45, 7) is 1.51. The van der Waals surface area contributed by atoms with Gasteiger partial charge in [-0.05, 0) is 25.1 Å². The number of nitro groups is 1. The van der Waals surface area contributed by atoms with Gasteiger partial charge in [0.25, 0.3) is 5.69 Å². The lowest BCUT2D eigenvalue weighted by Gasteiger charge is -2.20. The van der Waals surface area contributed by atoms with Gasteiger partial charge in [0.15, 0.2) is 0 Å². The second-order valence-corrected chi connectivity index (χ2v) is 6.04. The summed E-state index contributed by atoms with van der Waals surface area (Å²) in [4.78, 5) is 23.1. The normalized spacial score (nSPS) is 12.4. The summed E-state index contributed by atoms with van der Waals surface area (Å²) < 4.78 is 49.1. The Morgan fingerprint density at radius 2 is 1.86 bits per heavy atom. The highest BCUT2D eigenvalue weighted by Crippen LogP contribution is 2.41. The van der Waals surface area contributed by atoms with Gasteiger partial charge in [0, 0.05) is 22.2 Å². The minimum absolute atomic E-state index is 0.0281. The molecule has 1 atom stereocenters. The van der Waals surface area contributed by atoms with Crippen molar-refractivity contribution in [3.63, 3.8) is 0 Å². The van der Waals surface area contributed by atoms with E-state index in [2.05, 4.69) is 0 Å². The maximum atomic E-state index is 13.0. The van der Waals surface area contributed by atoms with Crippen molar-refractivity contribution in [1.82, 2.24) is 0 Å². The van der Waals surface area contributed by atoms with Crippen molar-refractivity contribution in [3.05, 3.63) is 68.2 Å². The highest BCUT2D eigenvalue weighted by atomic mass is 35.5. The fourth-order valence-electron chi connectivity index (χ4n) is 2.69. The van der Waals surface area contributed by atoms with Crippen LogP contribution < -0.4 is 4.74 Å². The van der Waals surface area contributed by atoms with E-state index in [1.807, 2.05) is 0 Å². The van der Waals surface area contributed by atoms with E-state index >= 15 is 0 Å². The molecule has 10 heteroatoms. The first-order chi connectivity index (χ1) is 13.1. The van der Waals surface area contributed by atoms with Crippen LogP contribution in [0.25, 0.3) is 0 Å². The second-order valence-electron chi connectivity index (χ2n) is 5.60. The lowest BCUT2D eigenvalue weighted by atomic mass is 9.88. The molecule has 0 N–H and O–H groups in total. The largest absolute Gasteiger partial charge is 0.496 e. The third kappa shape index (κ3) is 4.53. The number of nitro benzene ring substituents is 1. The van der Waals surface area contributed by atoms with Gasteiger partial charge < -0.3 is 9.47 Å². The van der Waals surface area contributed by atoms with Crippen LogP contribution in [0.3, 0.4) is 0 Å². The minimum Gasteiger partial charge on any atom is -0.496 e. The Kier molecular flexibility index (Phi) is 6.50. The molecule has 0 aliphatic heterocycles. The molecular weight excluding hydrogens is 403 g/mol. The average Bonchev–Trinajstić information content (AvgIpc) is 2.62. The molecule has 0 aliphatic rings. The molecular formula is C18H15ClF3NO5. The lowest BCUT2D eigenvalue weighted by molar-refractivity contribution is -0.385. The van der Waals surface area contributed by atoms with Crippen molar-refractivity contribution in [2.45, 2.75) is 19.0 Å². The van der Waals surface area contributed by atoms with E-state index in [4.69, 9.17) is 21.1 Å². The van der Waals surface area contributed by atoms with Crippen LogP contribution in [0.4, 0.5) is 18.9 Å². The van der Waals surface area contributed by atoms with Crippen molar-refractivity contribution in [2.24, 2.45) is 0 Å². The molecule has 28 heavy (non-hydrogen) atoms. The van der Waals surface area contributed by atoms with Crippen LogP contribution in [0.1, 0.15) is 29.5 Å². The smallest absolute Gasteiger partial charge is 0.416 e. The number of halogens is 4. The van der Waals surface area contributed by atoms with Gasteiger partial charge in [0.2, 0.25) is 0 Å². The molecule has 2 rings (SSSR count). The van der Waals surface area contributed by atoms with E-state index in [1.165, 1.54) is 32.2 Å². The first-order valence-electron chi connectivity index (χ1n) is 7.95. The summed E-state index contributed by atoms with van der Waals surface area (Å²) in [6.07, 6.45) is -4.78. The summed E-state index contributed by atoms with van der Waals surface area (Å²) >= 11 is 5.91. The van der Waals surface area contributed by atoms with Gasteiger partial charge in [0.05, 0.1) is 24.2 Å². The molecule has 0 radical (unpaired) electrons. The van der Waals surface area contributed by atoms with Crippen molar-refractivity contribution in [3.8, 4) is 5.75 Å². The number of hydrogen-bond acceptors (Lipinski definition) is 5. The molecule has 2 aromatic carbocycles. The number of benzene rings is 2. The van der Waals surface area contributed by atoms with Crippen LogP contribution in [0.15, 0.2) is 36.4 Å². The molecule has 0 aromatic heterocycles. The Labute approximate surface area is 163 Å². The zero-order valence-corrected chi connectivity index (χ0v) is 15.5. The molecule has 0 heterocycles. The minimum atomic E-state index is -4.78. The average molecular weight is 418 g/mol. The lowest BCUT2D eigenvalue weighted by Crippen LogP contribution is -2.20. The number of rotatable bonds is 6. The van der Waals surface area contributed by atoms with E-state index < -0.39 is 34.2 Å². The molecule has 0 saturated heterocycles. The van der Waals surface area contributed by atoms with Gasteiger partial charge in [-0.1, -0.05) is 23.7 Å². The number of carbonyl (C=O) groups excluding carboxylic acids is 1. The van der Waals surface area contributed by atoms with Crippen molar-refractivity contribution >= 4 is 23.3 Å². The van der Waals surface area contributed by atoms with E-state index in [9.17, 15) is 28.1 Å². The van der Waals surface area contributed by atoms with Gasteiger partial charge in [-0.2, -0.15) is 13.2 Å². The van der Waals surface area contributed by atoms with Crippen LogP contribution >= 0.6 is 11.6 Å². The highest BCUT2D eigenvalue weighted by molar-refractivity contribution is 6.30. The number of methoxy groups -OCH3 is 1. The summed E-state index contributed by atoms with van der Waals surface area (Å²) in [6, 6.07) is 6.20. The molecule has 0 aliphatic carbocycles. The van der Waals surface area contributed by atoms with Crippen LogP contribution in [-0.4, -0.2) is 24.6 Å². The molecule has 150 valence electrons. The summed E-state index contributed by atoms with van der Waals surface area (Å²) in [5.41, 5.74) is -2.14. The zero-order chi connectivity index (χ0) is 21.1. The quantitative estimate of drug-likeness (QED) is 0.376. The van der Waals surface area contributed by atoms with Gasteiger partial charge in [0.1, 0.15) is 11.7 Å². The first kappa shape index (κ1) is 21.5. The molecule has 0 fully saturated rings. The topological polar surface area (TPSA) is 78.7 Å². The van der Waals surface area contributed by atoms with E-state index in [1.54, 1.807) is 0 Å². The van der Waals surface area contributed by atoms with E-state index in [-0.39, 0.29) is 28.5 Å². The van der Waals surface area contributed by atoms with Crippen LogP contribution in [0, 0.1) is 10.1 Å². The van der Waals surface area contributed by atoms with Crippen LogP contribution in [-0.2, 0) is 15.7 Å². The third-order valence-corrected chi connectivity index (χ3v) is 4.13. The predicted octanol–water partition coefficient (Wildman–Crippen LogP) is 4.97. The van der Waals surface area contributed by atoms with Gasteiger partial charge in [-0.3, -0.25) is 14.9 Å². The molecule has 0 spiro atoms. The fraction of sp³-hybridized carbons (Fsp3) is 0.278. The number of carbonyl (C=O) groups is 1. The second kappa shape index (κ2) is 8.47. The Morgan fingerprint density at radius 1 is 1.21 bits per heavy atom. The molecule has 0 saturated carbocycles. The van der Waals surface area contributed by atoms with E-state index in [0.717, 1.165) is 6.07 Å². The summed E-state index contributed by atoms with van der Waals surface area (Å²) in [5, 5.41) is 11.7. The van der Waals surface area contributed by atoms with Gasteiger partial charge in [-0.25, -0.2) is 0 Å². The number of esters is 1. The number of hydrogen-bond donors (Lipinski definition) is 0. The summed E-state index contributed by atoms with van der Waals surface area (Å²) in [7, 11) is 1.30. The zero-order valence-electron chi connectivity index (χ0n) is 14.7. The number of alkyl halides is 3. The molecule has 1 unspecified atom stereocenters. The number of nitrogens with zero attached hydrogens (tertiary/aromatic N) is 1. The maximum absolute atomic E-state index is 13.0. The highest BCUT2D eigenvalue weighted by Gasteiger charge is 2.37. The fourth-order valence-corrected chi connectivity index (χ4v) is 2.85. The molecule has 6 nitrogen and oxygen atoms in total. The monoisotopic (exact) mass is 417 g/mol. The first-order valence-corrected chi connectivity index (χ1v) is 8.33. The summed E-state index contributed by atoms with van der Waals surface area (Å²) in [5.74, 6) is -2.11. The number of ether oxygens (including phenoxy) is 2. The van der Waals surface area contributed by atoms with Gasteiger partial charge >= 0.3 is 12.1 Å². The van der Waals surface area contributed by atoms with Crippen molar-refractivity contribution < 1.29 is 32.4 Å². The maximum Gasteiger partial charge on any atom is 0.416 e. The Hall–Kier alpha value is -2.81. The SMILES string of the molecule is CCOC(=O)C(c1ccc(Cl)cc1OC)c1ccc(C(F)(F)F)cc1[N+](=O)[O-].